The molecule has 1 aliphatic heterocycles. The van der Waals surface area contributed by atoms with Gasteiger partial charge in [-0.25, -0.2) is 17.7 Å². The monoisotopic (exact) mass is 385 g/mol. The predicted molar refractivity (Wildman–Crippen MR) is 95.2 cm³/mol. The van der Waals surface area contributed by atoms with E-state index < -0.39 is 10.0 Å². The molecule has 0 spiro atoms. The van der Waals surface area contributed by atoms with E-state index in [1.807, 2.05) is 4.57 Å². The number of hydrogen-bond acceptors (Lipinski definition) is 5. The number of imidazole rings is 1. The van der Waals surface area contributed by atoms with Crippen LogP contribution in [0.15, 0.2) is 30.6 Å². The van der Waals surface area contributed by atoms with Gasteiger partial charge in [0.15, 0.2) is 0 Å². The molecule has 0 unspecified atom stereocenters. The van der Waals surface area contributed by atoms with Crippen LogP contribution < -0.4 is 0 Å². The third kappa shape index (κ3) is 3.52. The Kier molecular flexibility index (Phi) is 5.06. The molecule has 2 heterocycles. The van der Waals surface area contributed by atoms with Gasteiger partial charge in [0, 0.05) is 38.0 Å². The number of halogens is 1. The largest absolute Gasteiger partial charge is 0.506 e. The second-order valence-corrected chi connectivity index (χ2v) is 8.83. The van der Waals surface area contributed by atoms with Crippen molar-refractivity contribution >= 4 is 21.6 Å². The Balaban J connectivity index is 1.95. The molecule has 1 aliphatic rings. The number of hydrogen-bond donors (Lipinski definition) is 1. The van der Waals surface area contributed by atoms with E-state index >= 15 is 0 Å². The van der Waals surface area contributed by atoms with E-state index in [2.05, 4.69) is 4.98 Å². The summed E-state index contributed by atoms with van der Waals surface area (Å²) in [5.74, 6) is 0.346. The second kappa shape index (κ2) is 6.95. The lowest BCUT2D eigenvalue weighted by Gasteiger charge is -2.23. The molecule has 0 saturated carbocycles. The Morgan fingerprint density at radius 2 is 2.16 bits per heavy atom. The lowest BCUT2D eigenvalue weighted by Crippen LogP contribution is -2.32. The number of sulfonamides is 1. The Hall–Kier alpha value is -1.61. The molecule has 0 radical (unpaired) electrons. The van der Waals surface area contributed by atoms with Crippen molar-refractivity contribution in [2.24, 2.45) is 5.92 Å². The summed E-state index contributed by atoms with van der Waals surface area (Å²) < 4.78 is 33.1. The van der Waals surface area contributed by atoms with Gasteiger partial charge >= 0.3 is 0 Å². The summed E-state index contributed by atoms with van der Waals surface area (Å²) in [4.78, 5) is 4.35. The molecular weight excluding hydrogens is 366 g/mol. The molecule has 136 valence electrons. The number of benzene rings is 1. The minimum absolute atomic E-state index is 0.00391. The number of phenolic OH excluding ortho intramolecular Hbond substituents is 1. The maximum absolute atomic E-state index is 12.2. The van der Waals surface area contributed by atoms with Crippen LogP contribution in [0.1, 0.15) is 6.04 Å². The van der Waals surface area contributed by atoms with Crippen LogP contribution in [0.4, 0.5) is 0 Å². The van der Waals surface area contributed by atoms with Gasteiger partial charge in [-0.3, -0.25) is 0 Å². The molecule has 0 amide bonds. The van der Waals surface area contributed by atoms with Crippen LogP contribution in [-0.2, 0) is 14.8 Å². The first kappa shape index (κ1) is 18.2. The highest BCUT2D eigenvalue weighted by atomic mass is 35.5. The third-order valence-electron chi connectivity index (χ3n) is 4.39. The predicted octanol–water partition coefficient (Wildman–Crippen LogP) is 1.99. The highest BCUT2D eigenvalue weighted by Crippen LogP contribution is 2.37. The molecule has 1 fully saturated rings. The van der Waals surface area contributed by atoms with Gasteiger partial charge in [0.05, 0.1) is 30.0 Å². The van der Waals surface area contributed by atoms with Crippen LogP contribution in [0.3, 0.4) is 0 Å². The number of ether oxygens (including phenoxy) is 1. The summed E-state index contributed by atoms with van der Waals surface area (Å²) in [6, 6.07) is 4.78. The molecule has 0 bridgehead atoms. The quantitative estimate of drug-likeness (QED) is 0.850. The van der Waals surface area contributed by atoms with Gasteiger partial charge < -0.3 is 14.4 Å². The molecule has 25 heavy (non-hydrogen) atoms. The first-order valence-electron chi connectivity index (χ1n) is 7.80. The van der Waals surface area contributed by atoms with Crippen LogP contribution >= 0.6 is 11.6 Å². The molecule has 1 saturated heterocycles. The van der Waals surface area contributed by atoms with Crippen LogP contribution in [0.2, 0.25) is 5.02 Å². The maximum atomic E-state index is 12.2. The highest BCUT2D eigenvalue weighted by Gasteiger charge is 2.35. The average molecular weight is 386 g/mol. The minimum atomic E-state index is -3.34. The molecule has 2 atom stereocenters. The Morgan fingerprint density at radius 1 is 1.40 bits per heavy atom. The standard InChI is InChI=1S/C16H20ClN3O4S/c1-19(2)25(22,23)10-11-8-24-9-13(11)20-7-6-18-16(20)12-4-3-5-14(21)15(12)17/h3-7,11,13,21H,8-10H2,1-2H3/t11-,13+/m0/s1. The van der Waals surface area contributed by atoms with E-state index in [1.165, 1.54) is 24.5 Å². The zero-order valence-electron chi connectivity index (χ0n) is 14.0. The minimum Gasteiger partial charge on any atom is -0.506 e. The molecule has 0 aliphatic carbocycles. The van der Waals surface area contributed by atoms with E-state index in [-0.39, 0.29) is 28.5 Å². The van der Waals surface area contributed by atoms with Gasteiger partial charge in [-0.2, -0.15) is 0 Å². The summed E-state index contributed by atoms with van der Waals surface area (Å²) in [6.45, 7) is 0.760. The van der Waals surface area contributed by atoms with Crippen molar-refractivity contribution in [1.29, 1.82) is 0 Å². The van der Waals surface area contributed by atoms with Crippen LogP contribution in [0, 0.1) is 5.92 Å². The second-order valence-electron chi connectivity index (χ2n) is 6.22. The molecule has 9 heteroatoms. The van der Waals surface area contributed by atoms with Gasteiger partial charge in [0.25, 0.3) is 0 Å². The van der Waals surface area contributed by atoms with Crippen LogP contribution in [-0.4, -0.2) is 60.4 Å². The van der Waals surface area contributed by atoms with Gasteiger partial charge in [-0.1, -0.05) is 17.7 Å². The molecule has 3 rings (SSSR count). The third-order valence-corrected chi connectivity index (χ3v) is 6.75. The lowest BCUT2D eigenvalue weighted by atomic mass is 10.1. The van der Waals surface area contributed by atoms with E-state index in [0.717, 1.165) is 0 Å². The maximum Gasteiger partial charge on any atom is 0.214 e. The normalized spacial score (nSPS) is 21.1. The van der Waals surface area contributed by atoms with Crippen molar-refractivity contribution in [3.8, 4) is 17.1 Å². The van der Waals surface area contributed by atoms with Crippen molar-refractivity contribution in [3.05, 3.63) is 35.6 Å². The lowest BCUT2D eigenvalue weighted by molar-refractivity contribution is 0.182. The van der Waals surface area contributed by atoms with E-state index in [9.17, 15) is 13.5 Å². The Labute approximate surface area is 151 Å². The van der Waals surface area contributed by atoms with Crippen molar-refractivity contribution in [2.75, 3.05) is 33.1 Å². The fraction of sp³-hybridized carbons (Fsp3) is 0.438. The smallest absolute Gasteiger partial charge is 0.214 e. The molecule has 1 aromatic heterocycles. The zero-order valence-corrected chi connectivity index (χ0v) is 15.5. The molecule has 1 aromatic carbocycles. The Morgan fingerprint density at radius 3 is 2.88 bits per heavy atom. The molecule has 7 nitrogen and oxygen atoms in total. The number of phenols is 1. The van der Waals surface area contributed by atoms with Crippen molar-refractivity contribution in [1.82, 2.24) is 13.9 Å². The van der Waals surface area contributed by atoms with E-state index in [0.29, 0.717) is 24.6 Å². The molecule has 1 N–H and O–H groups in total. The summed E-state index contributed by atoms with van der Waals surface area (Å²) in [7, 11) is -0.298. The molecular formula is C16H20ClN3O4S. The zero-order chi connectivity index (χ0) is 18.2. The van der Waals surface area contributed by atoms with Gasteiger partial charge in [-0.15, -0.1) is 0 Å². The van der Waals surface area contributed by atoms with Crippen LogP contribution in [0.25, 0.3) is 11.4 Å². The first-order chi connectivity index (χ1) is 11.8. The van der Waals surface area contributed by atoms with E-state index in [1.54, 1.807) is 24.5 Å². The SMILES string of the molecule is CN(C)S(=O)(=O)C[C@@H]1COC[C@H]1n1ccnc1-c1cccc(O)c1Cl. The highest BCUT2D eigenvalue weighted by molar-refractivity contribution is 7.89. The topological polar surface area (TPSA) is 84.7 Å². The molecule has 2 aromatic rings. The van der Waals surface area contributed by atoms with Crippen LogP contribution in [0.5, 0.6) is 5.75 Å². The Bertz CT molecular complexity index is 866. The van der Waals surface area contributed by atoms with E-state index in [4.69, 9.17) is 16.3 Å². The van der Waals surface area contributed by atoms with Crippen molar-refractivity contribution in [2.45, 2.75) is 6.04 Å². The summed E-state index contributed by atoms with van der Waals surface area (Å²) in [5.41, 5.74) is 0.591. The van der Waals surface area contributed by atoms with Gasteiger partial charge in [0.2, 0.25) is 10.0 Å². The van der Waals surface area contributed by atoms with Crippen molar-refractivity contribution < 1.29 is 18.3 Å². The van der Waals surface area contributed by atoms with Gasteiger partial charge in [0.1, 0.15) is 11.6 Å². The average Bonchev–Trinajstić information content (AvgIpc) is 3.18. The fourth-order valence-corrected chi connectivity index (χ4v) is 4.32. The number of rotatable bonds is 5. The summed E-state index contributed by atoms with van der Waals surface area (Å²) in [5, 5.41) is 10.1. The number of nitrogens with zero attached hydrogens (tertiary/aromatic N) is 3. The fourth-order valence-electron chi connectivity index (χ4n) is 2.96. The van der Waals surface area contributed by atoms with Crippen molar-refractivity contribution in [3.63, 3.8) is 0 Å². The number of aromatic nitrogens is 2. The number of aromatic hydroxyl groups is 1. The summed E-state index contributed by atoms with van der Waals surface area (Å²) in [6.07, 6.45) is 3.41. The van der Waals surface area contributed by atoms with Gasteiger partial charge in [-0.05, 0) is 12.1 Å². The first-order valence-corrected chi connectivity index (χ1v) is 9.78. The summed E-state index contributed by atoms with van der Waals surface area (Å²) >= 11 is 6.21.